The number of nitrogens with one attached hydrogen (secondary N) is 1. The molecule has 0 aliphatic carbocycles. The van der Waals surface area contributed by atoms with Gasteiger partial charge in [0.25, 0.3) is 0 Å². The van der Waals surface area contributed by atoms with Crippen LogP contribution in [0.25, 0.3) is 0 Å². The summed E-state index contributed by atoms with van der Waals surface area (Å²) in [5.74, 6) is 0.397. The normalized spacial score (nSPS) is 20.1. The van der Waals surface area contributed by atoms with E-state index in [1.807, 2.05) is 6.07 Å². The van der Waals surface area contributed by atoms with Gasteiger partial charge in [0.2, 0.25) is 5.91 Å². The average Bonchev–Trinajstić information content (AvgIpc) is 2.64. The van der Waals surface area contributed by atoms with E-state index in [2.05, 4.69) is 5.32 Å². The van der Waals surface area contributed by atoms with Gasteiger partial charge in [0.05, 0.1) is 13.0 Å². The molecule has 1 saturated heterocycles. The standard InChI is InChI=1S/C11H13NO3/c1-15-10-3-2-7(6-9(10)13)8-4-5-12-11(8)14/h2-3,6,8,13H,4-5H2,1H3,(H,12,14). The second-order valence-electron chi connectivity index (χ2n) is 3.56. The minimum absolute atomic E-state index is 0.0274. The van der Waals surface area contributed by atoms with Gasteiger partial charge in [-0.1, -0.05) is 6.07 Å². The number of methoxy groups -OCH3 is 1. The predicted octanol–water partition coefficient (Wildman–Crippen LogP) is 1.00. The molecule has 80 valence electrons. The first-order valence-corrected chi connectivity index (χ1v) is 4.87. The number of hydrogen-bond donors (Lipinski definition) is 2. The minimum Gasteiger partial charge on any atom is -0.504 e. The first kappa shape index (κ1) is 9.83. The maximum atomic E-state index is 11.4. The highest BCUT2D eigenvalue weighted by Crippen LogP contribution is 2.31. The van der Waals surface area contributed by atoms with E-state index < -0.39 is 0 Å². The number of phenolic OH excluding ortho intramolecular Hbond substituents is 1. The van der Waals surface area contributed by atoms with E-state index >= 15 is 0 Å². The maximum Gasteiger partial charge on any atom is 0.227 e. The van der Waals surface area contributed by atoms with Crippen LogP contribution in [0.15, 0.2) is 18.2 Å². The molecule has 0 radical (unpaired) electrons. The third kappa shape index (κ3) is 1.75. The lowest BCUT2D eigenvalue weighted by Crippen LogP contribution is -2.17. The molecule has 1 heterocycles. The van der Waals surface area contributed by atoms with Gasteiger partial charge in [-0.25, -0.2) is 0 Å². The molecule has 1 aliphatic heterocycles. The fourth-order valence-electron chi connectivity index (χ4n) is 1.84. The Morgan fingerprint density at radius 3 is 2.87 bits per heavy atom. The summed E-state index contributed by atoms with van der Waals surface area (Å²) in [6.07, 6.45) is 0.782. The molecule has 4 heteroatoms. The number of amides is 1. The van der Waals surface area contributed by atoms with Crippen LogP contribution < -0.4 is 10.1 Å². The van der Waals surface area contributed by atoms with E-state index in [9.17, 15) is 9.90 Å². The molecule has 1 fully saturated rings. The van der Waals surface area contributed by atoms with Crippen molar-refractivity contribution in [1.29, 1.82) is 0 Å². The van der Waals surface area contributed by atoms with E-state index in [4.69, 9.17) is 4.74 Å². The molecular weight excluding hydrogens is 194 g/mol. The van der Waals surface area contributed by atoms with Crippen molar-refractivity contribution in [3.8, 4) is 11.5 Å². The summed E-state index contributed by atoms with van der Waals surface area (Å²) in [6.45, 7) is 0.705. The van der Waals surface area contributed by atoms with Gasteiger partial charge in [0, 0.05) is 6.54 Å². The first-order valence-electron chi connectivity index (χ1n) is 4.87. The van der Waals surface area contributed by atoms with Gasteiger partial charge >= 0.3 is 0 Å². The second-order valence-corrected chi connectivity index (χ2v) is 3.56. The lowest BCUT2D eigenvalue weighted by molar-refractivity contribution is -0.120. The highest BCUT2D eigenvalue weighted by molar-refractivity contribution is 5.85. The van der Waals surface area contributed by atoms with E-state index in [0.29, 0.717) is 12.3 Å². The van der Waals surface area contributed by atoms with Crippen LogP contribution >= 0.6 is 0 Å². The highest BCUT2D eigenvalue weighted by atomic mass is 16.5. The van der Waals surface area contributed by atoms with Crippen LogP contribution in [0.3, 0.4) is 0 Å². The lowest BCUT2D eigenvalue weighted by Gasteiger charge is -2.09. The Balaban J connectivity index is 2.29. The first-order chi connectivity index (χ1) is 7.22. The molecule has 1 atom stereocenters. The van der Waals surface area contributed by atoms with Crippen molar-refractivity contribution in [2.75, 3.05) is 13.7 Å². The summed E-state index contributed by atoms with van der Waals surface area (Å²) >= 11 is 0. The van der Waals surface area contributed by atoms with Crippen molar-refractivity contribution in [1.82, 2.24) is 5.32 Å². The quantitative estimate of drug-likeness (QED) is 0.760. The van der Waals surface area contributed by atoms with E-state index in [0.717, 1.165) is 12.0 Å². The van der Waals surface area contributed by atoms with Gasteiger partial charge in [-0.2, -0.15) is 0 Å². The number of carbonyl (C=O) groups is 1. The van der Waals surface area contributed by atoms with Crippen molar-refractivity contribution in [3.63, 3.8) is 0 Å². The van der Waals surface area contributed by atoms with Crippen LogP contribution in [0.4, 0.5) is 0 Å². The number of rotatable bonds is 2. The van der Waals surface area contributed by atoms with Crippen LogP contribution in [-0.2, 0) is 4.79 Å². The SMILES string of the molecule is COc1ccc(C2CCNC2=O)cc1O. The number of phenols is 1. The van der Waals surface area contributed by atoms with Gasteiger partial charge < -0.3 is 15.2 Å². The summed E-state index contributed by atoms with van der Waals surface area (Å²) < 4.78 is 4.94. The lowest BCUT2D eigenvalue weighted by atomic mass is 9.97. The molecule has 2 N–H and O–H groups in total. The number of benzene rings is 1. The van der Waals surface area contributed by atoms with Gasteiger partial charge in [-0.05, 0) is 24.1 Å². The summed E-state index contributed by atoms with van der Waals surface area (Å²) in [4.78, 5) is 11.4. The smallest absolute Gasteiger partial charge is 0.227 e. The maximum absolute atomic E-state index is 11.4. The van der Waals surface area contributed by atoms with Crippen molar-refractivity contribution in [2.24, 2.45) is 0 Å². The second kappa shape index (κ2) is 3.81. The average molecular weight is 207 g/mol. The van der Waals surface area contributed by atoms with Crippen molar-refractivity contribution in [2.45, 2.75) is 12.3 Å². The molecule has 4 nitrogen and oxygen atoms in total. The van der Waals surface area contributed by atoms with Gasteiger partial charge in [-0.3, -0.25) is 4.79 Å². The molecule has 1 aromatic carbocycles. The molecule has 0 spiro atoms. The Labute approximate surface area is 87.9 Å². The van der Waals surface area contributed by atoms with E-state index in [1.54, 1.807) is 12.1 Å². The molecular formula is C11H13NO3. The molecule has 1 amide bonds. The number of hydrogen-bond acceptors (Lipinski definition) is 3. The zero-order valence-corrected chi connectivity index (χ0v) is 8.49. The summed E-state index contributed by atoms with van der Waals surface area (Å²) in [6, 6.07) is 5.08. The molecule has 0 saturated carbocycles. The Morgan fingerprint density at radius 1 is 1.53 bits per heavy atom. The zero-order valence-electron chi connectivity index (χ0n) is 8.49. The fraction of sp³-hybridized carbons (Fsp3) is 0.364. The molecule has 2 rings (SSSR count). The van der Waals surface area contributed by atoms with E-state index in [-0.39, 0.29) is 17.6 Å². The monoisotopic (exact) mass is 207 g/mol. The van der Waals surface area contributed by atoms with Gasteiger partial charge in [0.15, 0.2) is 11.5 Å². The Kier molecular flexibility index (Phi) is 2.49. The van der Waals surface area contributed by atoms with Crippen LogP contribution in [0.1, 0.15) is 17.9 Å². The van der Waals surface area contributed by atoms with Gasteiger partial charge in [0.1, 0.15) is 0 Å². The van der Waals surface area contributed by atoms with Crippen LogP contribution in [0.5, 0.6) is 11.5 Å². The van der Waals surface area contributed by atoms with Crippen molar-refractivity contribution < 1.29 is 14.6 Å². The number of ether oxygens (including phenoxy) is 1. The third-order valence-electron chi connectivity index (χ3n) is 2.65. The van der Waals surface area contributed by atoms with E-state index in [1.165, 1.54) is 7.11 Å². The molecule has 15 heavy (non-hydrogen) atoms. The molecule has 1 aliphatic rings. The molecule has 1 unspecified atom stereocenters. The van der Waals surface area contributed by atoms with Crippen LogP contribution in [-0.4, -0.2) is 24.7 Å². The highest BCUT2D eigenvalue weighted by Gasteiger charge is 2.26. The fourth-order valence-corrected chi connectivity index (χ4v) is 1.84. The third-order valence-corrected chi connectivity index (χ3v) is 2.65. The van der Waals surface area contributed by atoms with Crippen molar-refractivity contribution in [3.05, 3.63) is 23.8 Å². The number of aromatic hydroxyl groups is 1. The van der Waals surface area contributed by atoms with Crippen LogP contribution in [0, 0.1) is 0 Å². The summed E-state index contributed by atoms with van der Waals surface area (Å²) in [5.41, 5.74) is 0.836. The Hall–Kier alpha value is -1.71. The van der Waals surface area contributed by atoms with Crippen LogP contribution in [0.2, 0.25) is 0 Å². The predicted molar refractivity (Wildman–Crippen MR) is 55.0 cm³/mol. The largest absolute Gasteiger partial charge is 0.504 e. The topological polar surface area (TPSA) is 58.6 Å². The minimum atomic E-state index is -0.137. The van der Waals surface area contributed by atoms with Gasteiger partial charge in [-0.15, -0.1) is 0 Å². The van der Waals surface area contributed by atoms with Crippen molar-refractivity contribution >= 4 is 5.91 Å². The molecule has 0 bridgehead atoms. The Bertz CT molecular complexity index is 389. The molecule has 0 aromatic heterocycles. The number of carbonyl (C=O) groups excluding carboxylic acids is 1. The molecule has 1 aromatic rings. The summed E-state index contributed by atoms with van der Waals surface area (Å²) in [7, 11) is 1.50. The zero-order chi connectivity index (χ0) is 10.8. The summed E-state index contributed by atoms with van der Waals surface area (Å²) in [5, 5.41) is 12.3. The Morgan fingerprint density at radius 2 is 2.33 bits per heavy atom.